The van der Waals surface area contributed by atoms with Crippen LogP contribution in [0.5, 0.6) is 0 Å². The highest BCUT2D eigenvalue weighted by molar-refractivity contribution is 6.30. The molecule has 0 spiro atoms. The quantitative estimate of drug-likeness (QED) is 0.453. The number of nitrogens with zero attached hydrogens (tertiary/aromatic N) is 3. The summed E-state index contributed by atoms with van der Waals surface area (Å²) in [6.07, 6.45) is 9.02. The van der Waals surface area contributed by atoms with Crippen molar-refractivity contribution in [2.45, 2.75) is 32.2 Å². The molecule has 1 saturated heterocycles. The Balaban J connectivity index is 1.52. The molecule has 2 aromatic heterocycles. The molecule has 2 aliphatic rings. The summed E-state index contributed by atoms with van der Waals surface area (Å²) in [5.74, 6) is 0. The predicted molar refractivity (Wildman–Crippen MR) is 119 cm³/mol. The summed E-state index contributed by atoms with van der Waals surface area (Å²) >= 11 is 6.31. The number of aromatic nitrogens is 2. The molecule has 5 rings (SSSR count). The van der Waals surface area contributed by atoms with E-state index in [2.05, 4.69) is 40.2 Å². The summed E-state index contributed by atoms with van der Waals surface area (Å²) in [6.45, 7) is 2.92. The van der Waals surface area contributed by atoms with Crippen molar-refractivity contribution in [2.75, 3.05) is 13.1 Å². The molecule has 1 aliphatic carbocycles. The van der Waals surface area contributed by atoms with Gasteiger partial charge >= 0.3 is 0 Å². The monoisotopic (exact) mass is 417 g/mol. The van der Waals surface area contributed by atoms with Gasteiger partial charge in [-0.1, -0.05) is 23.2 Å². The van der Waals surface area contributed by atoms with E-state index in [0.29, 0.717) is 0 Å². The minimum Gasteiger partial charge on any atom is -0.618 e. The van der Waals surface area contributed by atoms with Gasteiger partial charge in [0.05, 0.1) is 5.57 Å². The lowest BCUT2D eigenvalue weighted by Gasteiger charge is -2.30. The van der Waals surface area contributed by atoms with Crippen LogP contribution in [0.3, 0.4) is 0 Å². The number of hydrogen-bond acceptors (Lipinski definition) is 3. The number of piperidine rings is 1. The van der Waals surface area contributed by atoms with Gasteiger partial charge in [-0.2, -0.15) is 4.73 Å². The first-order valence-corrected chi connectivity index (χ1v) is 10.9. The number of rotatable bonds is 2. The average molecular weight is 418 g/mol. The van der Waals surface area contributed by atoms with E-state index in [1.165, 1.54) is 22.3 Å². The molecule has 3 heterocycles. The molecule has 0 radical (unpaired) electrons. The number of aryl methyl sites for hydroxylation is 2. The summed E-state index contributed by atoms with van der Waals surface area (Å²) in [7, 11) is 0. The molecule has 0 unspecified atom stereocenters. The number of fused-ring (bicyclic) bond motifs is 2. The Morgan fingerprint density at radius 2 is 1.73 bits per heavy atom. The van der Waals surface area contributed by atoms with E-state index >= 15 is 0 Å². The summed E-state index contributed by atoms with van der Waals surface area (Å²) in [6, 6.07) is 14.2. The van der Waals surface area contributed by atoms with Crippen molar-refractivity contribution < 1.29 is 4.73 Å². The van der Waals surface area contributed by atoms with Crippen molar-refractivity contribution in [3.8, 4) is 0 Å². The maximum absolute atomic E-state index is 12.9. The zero-order valence-electron chi connectivity index (χ0n) is 16.9. The molecule has 0 N–H and O–H groups in total. The molecule has 0 bridgehead atoms. The van der Waals surface area contributed by atoms with E-state index in [9.17, 15) is 5.21 Å². The Morgan fingerprint density at radius 3 is 2.53 bits per heavy atom. The van der Waals surface area contributed by atoms with Crippen LogP contribution >= 0.6 is 11.6 Å². The van der Waals surface area contributed by atoms with E-state index in [0.717, 1.165) is 71.9 Å². The number of likely N-dealkylation sites (tertiary alicyclic amines) is 1. The topological polar surface area (TPSA) is 43.1 Å². The highest BCUT2D eigenvalue weighted by atomic mass is 35.5. The van der Waals surface area contributed by atoms with Gasteiger partial charge in [0, 0.05) is 48.7 Å². The fraction of sp³-hybridized carbons (Fsp3) is 0.280. The van der Waals surface area contributed by atoms with E-state index in [1.54, 1.807) is 6.20 Å². The molecular formula is C25H24ClN3O. The van der Waals surface area contributed by atoms with Crippen LogP contribution in [0.4, 0.5) is 0 Å². The van der Waals surface area contributed by atoms with Gasteiger partial charge < -0.3 is 5.21 Å². The van der Waals surface area contributed by atoms with Crippen molar-refractivity contribution in [3.05, 3.63) is 105 Å². The lowest BCUT2D eigenvalue weighted by atomic mass is 9.88. The Morgan fingerprint density at radius 1 is 0.967 bits per heavy atom. The number of halogens is 1. The fourth-order valence-corrected chi connectivity index (χ4v) is 4.94. The maximum Gasteiger partial charge on any atom is 0.227 e. The first-order chi connectivity index (χ1) is 14.7. The van der Waals surface area contributed by atoms with E-state index in [1.807, 2.05) is 24.5 Å². The molecule has 0 saturated carbocycles. The van der Waals surface area contributed by atoms with Crippen LogP contribution in [0.15, 0.2) is 66.6 Å². The minimum atomic E-state index is 0.756. The maximum atomic E-state index is 12.9. The van der Waals surface area contributed by atoms with Crippen LogP contribution in [-0.2, 0) is 19.4 Å². The fourth-order valence-electron chi connectivity index (χ4n) is 4.75. The second-order valence-electron chi connectivity index (χ2n) is 8.12. The Bertz CT molecular complexity index is 1100. The second kappa shape index (κ2) is 8.21. The first-order valence-electron chi connectivity index (χ1n) is 10.5. The molecule has 30 heavy (non-hydrogen) atoms. The van der Waals surface area contributed by atoms with E-state index in [-0.39, 0.29) is 0 Å². The Hall–Kier alpha value is -2.69. The molecule has 1 aromatic carbocycles. The average Bonchev–Trinajstić information content (AvgIpc) is 2.93. The van der Waals surface area contributed by atoms with Crippen molar-refractivity contribution in [1.29, 1.82) is 0 Å². The zero-order valence-corrected chi connectivity index (χ0v) is 17.6. The highest BCUT2D eigenvalue weighted by Gasteiger charge is 2.29. The first kappa shape index (κ1) is 19.3. The molecule has 1 fully saturated rings. The summed E-state index contributed by atoms with van der Waals surface area (Å²) < 4.78 is 1.06. The number of hydrogen-bond donors (Lipinski definition) is 0. The van der Waals surface area contributed by atoms with Crippen molar-refractivity contribution in [3.63, 3.8) is 0 Å². The van der Waals surface area contributed by atoms with Gasteiger partial charge in [-0.05, 0) is 72.7 Å². The predicted octanol–water partition coefficient (Wildman–Crippen LogP) is 4.56. The van der Waals surface area contributed by atoms with Crippen LogP contribution < -0.4 is 4.73 Å². The molecule has 1 aliphatic heterocycles. The van der Waals surface area contributed by atoms with Gasteiger partial charge in [0.2, 0.25) is 5.69 Å². The van der Waals surface area contributed by atoms with Crippen molar-refractivity contribution in [1.82, 2.24) is 9.88 Å². The standard InChI is InChI=1S/C25H24ClN3O/c26-22-5-6-23-21(16-22)4-3-20-2-1-13-29(30)25(20)24(23)19-9-14-28(15-10-19)17-18-7-11-27-12-8-18/h1-2,5-8,11-13,16H,3-4,9-10,14-15,17H2. The minimum absolute atomic E-state index is 0.756. The van der Waals surface area contributed by atoms with Crippen molar-refractivity contribution in [2.24, 2.45) is 0 Å². The number of benzene rings is 1. The largest absolute Gasteiger partial charge is 0.618 e. The third kappa shape index (κ3) is 3.73. The molecule has 4 nitrogen and oxygen atoms in total. The normalized spacial score (nSPS) is 16.7. The van der Waals surface area contributed by atoms with E-state index < -0.39 is 0 Å². The number of pyridine rings is 2. The van der Waals surface area contributed by atoms with E-state index in [4.69, 9.17) is 11.6 Å². The highest BCUT2D eigenvalue weighted by Crippen LogP contribution is 2.38. The second-order valence-corrected chi connectivity index (χ2v) is 8.56. The molecular weight excluding hydrogens is 394 g/mol. The van der Waals surface area contributed by atoms with Crippen LogP contribution in [0.2, 0.25) is 5.02 Å². The molecule has 3 aromatic rings. The van der Waals surface area contributed by atoms with Gasteiger partial charge in [-0.3, -0.25) is 9.88 Å². The molecule has 0 amide bonds. The summed E-state index contributed by atoms with van der Waals surface area (Å²) in [4.78, 5) is 6.59. The lowest BCUT2D eigenvalue weighted by molar-refractivity contribution is -0.608. The smallest absolute Gasteiger partial charge is 0.227 e. The van der Waals surface area contributed by atoms with Crippen molar-refractivity contribution >= 4 is 17.2 Å². The van der Waals surface area contributed by atoms with Crippen LogP contribution in [0, 0.1) is 5.21 Å². The Labute approximate surface area is 182 Å². The SMILES string of the molecule is [O-][n+]1cccc2c1C(=C1CCN(Cc3ccncc3)CC1)c1ccc(Cl)cc1CC2. The molecule has 5 heteroatoms. The van der Waals surface area contributed by atoms with Gasteiger partial charge in [-0.25, -0.2) is 0 Å². The summed E-state index contributed by atoms with van der Waals surface area (Å²) in [5.41, 5.74) is 8.17. The van der Waals surface area contributed by atoms with Gasteiger partial charge in [0.1, 0.15) is 0 Å². The summed E-state index contributed by atoms with van der Waals surface area (Å²) in [5, 5.41) is 13.6. The van der Waals surface area contributed by atoms with Crippen LogP contribution in [0.25, 0.3) is 5.57 Å². The van der Waals surface area contributed by atoms with Crippen LogP contribution in [0.1, 0.15) is 40.8 Å². The van der Waals surface area contributed by atoms with Gasteiger partial charge in [0.15, 0.2) is 6.20 Å². The Kier molecular flexibility index (Phi) is 5.28. The van der Waals surface area contributed by atoms with Gasteiger partial charge in [0.25, 0.3) is 0 Å². The molecule has 0 atom stereocenters. The third-order valence-electron chi connectivity index (χ3n) is 6.25. The van der Waals surface area contributed by atoms with Gasteiger partial charge in [-0.15, -0.1) is 0 Å². The molecule has 152 valence electrons. The zero-order chi connectivity index (χ0) is 20.5. The third-order valence-corrected chi connectivity index (χ3v) is 6.48. The van der Waals surface area contributed by atoms with Crippen LogP contribution in [-0.4, -0.2) is 23.0 Å². The lowest BCUT2D eigenvalue weighted by Crippen LogP contribution is -2.34.